The van der Waals surface area contributed by atoms with E-state index in [4.69, 9.17) is 9.26 Å². The molecule has 0 spiro atoms. The van der Waals surface area contributed by atoms with Crippen LogP contribution in [0.15, 0.2) is 41.1 Å². The number of rotatable bonds is 3. The van der Waals surface area contributed by atoms with E-state index >= 15 is 0 Å². The van der Waals surface area contributed by atoms with Crippen molar-refractivity contribution in [2.75, 3.05) is 12.4 Å². The lowest BCUT2D eigenvalue weighted by Gasteiger charge is -2.07. The summed E-state index contributed by atoms with van der Waals surface area (Å²) in [5, 5.41) is 6.82. The Balaban J connectivity index is 2.24. The SMILES string of the molecule is COc1ccccc1Nc1ccon1. The summed E-state index contributed by atoms with van der Waals surface area (Å²) in [6.45, 7) is 0. The van der Waals surface area contributed by atoms with Gasteiger partial charge in [0.05, 0.1) is 12.8 Å². The Morgan fingerprint density at radius 1 is 1.29 bits per heavy atom. The van der Waals surface area contributed by atoms with E-state index in [1.165, 1.54) is 6.26 Å². The molecule has 14 heavy (non-hydrogen) atoms. The lowest BCUT2D eigenvalue weighted by atomic mass is 10.3. The quantitative estimate of drug-likeness (QED) is 0.807. The van der Waals surface area contributed by atoms with Crippen molar-refractivity contribution in [1.29, 1.82) is 0 Å². The normalized spacial score (nSPS) is 9.79. The number of anilines is 2. The van der Waals surface area contributed by atoms with Crippen molar-refractivity contribution >= 4 is 11.5 Å². The van der Waals surface area contributed by atoms with Crippen molar-refractivity contribution in [3.63, 3.8) is 0 Å². The molecular weight excluding hydrogens is 180 g/mol. The van der Waals surface area contributed by atoms with Crippen molar-refractivity contribution in [1.82, 2.24) is 5.16 Å². The molecule has 0 saturated heterocycles. The highest BCUT2D eigenvalue weighted by Crippen LogP contribution is 2.25. The highest BCUT2D eigenvalue weighted by atomic mass is 16.5. The van der Waals surface area contributed by atoms with Gasteiger partial charge in [0.25, 0.3) is 0 Å². The predicted molar refractivity (Wildman–Crippen MR) is 52.8 cm³/mol. The van der Waals surface area contributed by atoms with Gasteiger partial charge in [-0.3, -0.25) is 0 Å². The first-order chi connectivity index (χ1) is 6.90. The largest absolute Gasteiger partial charge is 0.495 e. The van der Waals surface area contributed by atoms with Gasteiger partial charge in [-0.1, -0.05) is 17.3 Å². The van der Waals surface area contributed by atoms with Crippen LogP contribution in [0.4, 0.5) is 11.5 Å². The molecule has 1 N–H and O–H groups in total. The van der Waals surface area contributed by atoms with Crippen molar-refractivity contribution < 1.29 is 9.26 Å². The summed E-state index contributed by atoms with van der Waals surface area (Å²) in [7, 11) is 1.63. The van der Waals surface area contributed by atoms with E-state index in [9.17, 15) is 0 Å². The molecule has 0 radical (unpaired) electrons. The minimum atomic E-state index is 0.662. The standard InChI is InChI=1S/C10H10N2O2/c1-13-9-5-3-2-4-8(9)11-10-6-7-14-12-10/h2-7H,1H3,(H,11,12). The van der Waals surface area contributed by atoms with Crippen LogP contribution in [0, 0.1) is 0 Å². The van der Waals surface area contributed by atoms with E-state index in [0.29, 0.717) is 5.82 Å². The molecule has 0 atom stereocenters. The minimum Gasteiger partial charge on any atom is -0.495 e. The molecule has 0 bridgehead atoms. The number of nitrogens with one attached hydrogen (secondary N) is 1. The molecule has 0 unspecified atom stereocenters. The van der Waals surface area contributed by atoms with Crippen LogP contribution in [0.5, 0.6) is 5.75 Å². The highest BCUT2D eigenvalue weighted by Gasteiger charge is 2.02. The summed E-state index contributed by atoms with van der Waals surface area (Å²) in [4.78, 5) is 0. The van der Waals surface area contributed by atoms with Gasteiger partial charge in [0.15, 0.2) is 5.82 Å². The first kappa shape index (κ1) is 8.62. The monoisotopic (exact) mass is 190 g/mol. The Morgan fingerprint density at radius 2 is 2.14 bits per heavy atom. The van der Waals surface area contributed by atoms with E-state index in [-0.39, 0.29) is 0 Å². The van der Waals surface area contributed by atoms with Crippen molar-refractivity contribution in [2.24, 2.45) is 0 Å². The molecule has 2 rings (SSSR count). The molecule has 1 aromatic carbocycles. The number of hydrogen-bond donors (Lipinski definition) is 1. The fourth-order valence-electron chi connectivity index (χ4n) is 1.16. The zero-order valence-corrected chi connectivity index (χ0v) is 7.73. The van der Waals surface area contributed by atoms with Gasteiger partial charge in [-0.2, -0.15) is 0 Å². The van der Waals surface area contributed by atoms with E-state index in [2.05, 4.69) is 10.5 Å². The molecule has 72 valence electrons. The van der Waals surface area contributed by atoms with E-state index in [1.807, 2.05) is 24.3 Å². The Hall–Kier alpha value is -1.97. The average Bonchev–Trinajstić information content (AvgIpc) is 2.71. The molecule has 0 aliphatic carbocycles. The molecule has 0 saturated carbocycles. The molecule has 1 aromatic heterocycles. The average molecular weight is 190 g/mol. The summed E-state index contributed by atoms with van der Waals surface area (Å²) in [5.74, 6) is 1.44. The van der Waals surface area contributed by atoms with E-state index in [1.54, 1.807) is 13.2 Å². The molecule has 0 fully saturated rings. The molecule has 4 heteroatoms. The third-order valence-electron chi connectivity index (χ3n) is 1.81. The van der Waals surface area contributed by atoms with Crippen LogP contribution in [0.3, 0.4) is 0 Å². The summed E-state index contributed by atoms with van der Waals surface area (Å²) >= 11 is 0. The van der Waals surface area contributed by atoms with E-state index in [0.717, 1.165) is 11.4 Å². The number of methoxy groups -OCH3 is 1. The maximum absolute atomic E-state index is 5.17. The minimum absolute atomic E-state index is 0.662. The third kappa shape index (κ3) is 1.69. The van der Waals surface area contributed by atoms with Crippen LogP contribution in [0.2, 0.25) is 0 Å². The predicted octanol–water partition coefficient (Wildman–Crippen LogP) is 2.43. The van der Waals surface area contributed by atoms with Crippen molar-refractivity contribution in [3.8, 4) is 5.75 Å². The summed E-state index contributed by atoms with van der Waals surface area (Å²) in [6, 6.07) is 9.36. The fourth-order valence-corrected chi connectivity index (χ4v) is 1.16. The lowest BCUT2D eigenvalue weighted by molar-refractivity contribution is 0.415. The lowest BCUT2D eigenvalue weighted by Crippen LogP contribution is -1.93. The summed E-state index contributed by atoms with van der Waals surface area (Å²) < 4.78 is 9.88. The van der Waals surface area contributed by atoms with Gasteiger partial charge in [-0.25, -0.2) is 0 Å². The van der Waals surface area contributed by atoms with Crippen LogP contribution < -0.4 is 10.1 Å². The number of hydrogen-bond acceptors (Lipinski definition) is 4. The van der Waals surface area contributed by atoms with Gasteiger partial charge < -0.3 is 14.6 Å². The van der Waals surface area contributed by atoms with Crippen LogP contribution in [-0.2, 0) is 0 Å². The number of aromatic nitrogens is 1. The number of ether oxygens (including phenoxy) is 1. The molecular formula is C10H10N2O2. The van der Waals surface area contributed by atoms with Crippen LogP contribution in [0.1, 0.15) is 0 Å². The van der Waals surface area contributed by atoms with E-state index < -0.39 is 0 Å². The van der Waals surface area contributed by atoms with Crippen molar-refractivity contribution in [3.05, 3.63) is 36.6 Å². The Labute approximate surface area is 81.5 Å². The molecule has 1 heterocycles. The second kappa shape index (κ2) is 3.83. The molecule has 2 aromatic rings. The summed E-state index contributed by atoms with van der Waals surface area (Å²) in [5.41, 5.74) is 0.865. The third-order valence-corrected chi connectivity index (χ3v) is 1.81. The number of para-hydroxylation sites is 2. The molecule has 0 aliphatic rings. The van der Waals surface area contributed by atoms with Crippen LogP contribution >= 0.6 is 0 Å². The van der Waals surface area contributed by atoms with Gasteiger partial charge in [0.2, 0.25) is 0 Å². The second-order valence-electron chi connectivity index (χ2n) is 2.71. The zero-order chi connectivity index (χ0) is 9.80. The smallest absolute Gasteiger partial charge is 0.173 e. The Bertz CT molecular complexity index is 398. The Morgan fingerprint density at radius 3 is 2.86 bits per heavy atom. The molecule has 4 nitrogen and oxygen atoms in total. The first-order valence-corrected chi connectivity index (χ1v) is 4.20. The Kier molecular flexibility index (Phi) is 2.36. The van der Waals surface area contributed by atoms with Crippen molar-refractivity contribution in [2.45, 2.75) is 0 Å². The van der Waals surface area contributed by atoms with Gasteiger partial charge in [0.1, 0.15) is 12.0 Å². The fraction of sp³-hybridized carbons (Fsp3) is 0.100. The number of benzene rings is 1. The highest BCUT2D eigenvalue weighted by molar-refractivity contribution is 5.63. The molecule has 0 amide bonds. The zero-order valence-electron chi connectivity index (χ0n) is 7.73. The maximum Gasteiger partial charge on any atom is 0.173 e. The second-order valence-corrected chi connectivity index (χ2v) is 2.71. The molecule has 0 aliphatic heterocycles. The summed E-state index contributed by atoms with van der Waals surface area (Å²) in [6.07, 6.45) is 1.51. The van der Waals surface area contributed by atoms with Gasteiger partial charge in [0, 0.05) is 6.07 Å². The van der Waals surface area contributed by atoms with Gasteiger partial charge in [-0.05, 0) is 12.1 Å². The maximum atomic E-state index is 5.17. The topological polar surface area (TPSA) is 47.3 Å². The first-order valence-electron chi connectivity index (χ1n) is 4.20. The van der Waals surface area contributed by atoms with Gasteiger partial charge >= 0.3 is 0 Å². The van der Waals surface area contributed by atoms with Crippen LogP contribution in [0.25, 0.3) is 0 Å². The van der Waals surface area contributed by atoms with Crippen LogP contribution in [-0.4, -0.2) is 12.3 Å². The van der Waals surface area contributed by atoms with Gasteiger partial charge in [-0.15, -0.1) is 0 Å². The number of nitrogens with zero attached hydrogens (tertiary/aromatic N) is 1.